The van der Waals surface area contributed by atoms with Crippen molar-refractivity contribution in [2.24, 2.45) is 11.8 Å². The van der Waals surface area contributed by atoms with Gasteiger partial charge in [0.2, 0.25) is 0 Å². The van der Waals surface area contributed by atoms with E-state index in [-0.39, 0.29) is 12.1 Å². The van der Waals surface area contributed by atoms with Crippen LogP contribution in [-0.2, 0) is 17.7 Å². The number of rotatable bonds is 2. The van der Waals surface area contributed by atoms with Crippen molar-refractivity contribution in [3.8, 4) is 0 Å². The minimum atomic E-state index is -0.125. The van der Waals surface area contributed by atoms with Gasteiger partial charge in [-0.2, -0.15) is 0 Å². The summed E-state index contributed by atoms with van der Waals surface area (Å²) in [6.45, 7) is 6.31. The van der Waals surface area contributed by atoms with Crippen molar-refractivity contribution in [3.63, 3.8) is 0 Å². The lowest BCUT2D eigenvalue weighted by Gasteiger charge is -2.31. The molecule has 2 atom stereocenters. The summed E-state index contributed by atoms with van der Waals surface area (Å²) in [5.41, 5.74) is 3.19. The monoisotopic (exact) mass is 287 g/mol. The molecule has 0 saturated heterocycles. The number of hydrogen-bond acceptors (Lipinski definition) is 3. The molecule has 2 unspecified atom stereocenters. The van der Waals surface area contributed by atoms with E-state index in [1.807, 2.05) is 12.1 Å². The smallest absolute Gasteiger partial charge is 0.338 e. The second-order valence-electron chi connectivity index (χ2n) is 6.81. The number of hydrogen-bond donors (Lipinski definition) is 1. The zero-order valence-electron chi connectivity index (χ0n) is 13.0. The van der Waals surface area contributed by atoms with Crippen LogP contribution in [-0.4, -0.2) is 18.6 Å². The molecule has 21 heavy (non-hydrogen) atoms. The first-order valence-electron chi connectivity index (χ1n) is 8.16. The molecule has 114 valence electrons. The van der Waals surface area contributed by atoms with Crippen molar-refractivity contribution in [3.05, 3.63) is 34.9 Å². The summed E-state index contributed by atoms with van der Waals surface area (Å²) >= 11 is 0. The van der Waals surface area contributed by atoms with E-state index in [0.29, 0.717) is 11.8 Å². The summed E-state index contributed by atoms with van der Waals surface area (Å²) in [6, 6.07) is 5.99. The Kier molecular flexibility index (Phi) is 4.29. The zero-order chi connectivity index (χ0) is 14.8. The van der Waals surface area contributed by atoms with E-state index in [1.165, 1.54) is 17.5 Å². The molecule has 1 heterocycles. The van der Waals surface area contributed by atoms with Crippen LogP contribution in [0.15, 0.2) is 18.2 Å². The van der Waals surface area contributed by atoms with Crippen molar-refractivity contribution < 1.29 is 9.53 Å². The summed E-state index contributed by atoms with van der Waals surface area (Å²) < 4.78 is 5.82. The van der Waals surface area contributed by atoms with E-state index in [2.05, 4.69) is 25.2 Å². The van der Waals surface area contributed by atoms with Crippen LogP contribution in [0.5, 0.6) is 0 Å². The van der Waals surface area contributed by atoms with E-state index >= 15 is 0 Å². The Labute approximate surface area is 127 Å². The lowest BCUT2D eigenvalue weighted by Crippen LogP contribution is -2.30. The molecule has 0 radical (unpaired) electrons. The van der Waals surface area contributed by atoms with Crippen LogP contribution in [0.3, 0.4) is 0 Å². The highest BCUT2D eigenvalue weighted by Gasteiger charge is 2.28. The summed E-state index contributed by atoms with van der Waals surface area (Å²) in [6.07, 6.45) is 4.27. The van der Waals surface area contributed by atoms with Crippen molar-refractivity contribution in [1.29, 1.82) is 0 Å². The fourth-order valence-electron chi connectivity index (χ4n) is 3.91. The van der Waals surface area contributed by atoms with Gasteiger partial charge in [0.1, 0.15) is 6.10 Å². The summed E-state index contributed by atoms with van der Waals surface area (Å²) in [4.78, 5) is 12.6. The Morgan fingerprint density at radius 3 is 2.71 bits per heavy atom. The average Bonchev–Trinajstić information content (AvgIpc) is 2.45. The summed E-state index contributed by atoms with van der Waals surface area (Å²) in [5, 5.41) is 3.35. The Hall–Kier alpha value is -1.35. The molecule has 1 saturated carbocycles. The van der Waals surface area contributed by atoms with Crippen LogP contribution in [0.4, 0.5) is 0 Å². The Morgan fingerprint density at radius 2 is 1.95 bits per heavy atom. The average molecular weight is 287 g/mol. The molecule has 1 aliphatic carbocycles. The van der Waals surface area contributed by atoms with E-state index in [9.17, 15) is 4.79 Å². The highest BCUT2D eigenvalue weighted by molar-refractivity contribution is 5.91. The van der Waals surface area contributed by atoms with E-state index < -0.39 is 0 Å². The first-order chi connectivity index (χ1) is 10.1. The molecule has 1 aromatic carbocycles. The number of ether oxygens (including phenoxy) is 1. The third kappa shape index (κ3) is 3.29. The number of fused-ring (bicyclic) bond motifs is 1. The van der Waals surface area contributed by atoms with Crippen LogP contribution >= 0.6 is 0 Å². The van der Waals surface area contributed by atoms with Gasteiger partial charge >= 0.3 is 5.97 Å². The number of carbonyl (C=O) groups excluding carboxylic acids is 1. The van der Waals surface area contributed by atoms with Gasteiger partial charge in [-0.3, -0.25) is 0 Å². The number of carbonyl (C=O) groups is 1. The van der Waals surface area contributed by atoms with Gasteiger partial charge in [0, 0.05) is 6.54 Å². The molecule has 1 N–H and O–H groups in total. The van der Waals surface area contributed by atoms with Crippen LogP contribution in [0.1, 0.15) is 54.6 Å². The minimum Gasteiger partial charge on any atom is -0.459 e. The molecule has 0 spiro atoms. The van der Waals surface area contributed by atoms with Gasteiger partial charge in [0.05, 0.1) is 5.56 Å². The fourth-order valence-corrected chi connectivity index (χ4v) is 3.91. The quantitative estimate of drug-likeness (QED) is 0.848. The maximum atomic E-state index is 12.6. The fraction of sp³-hybridized carbons (Fsp3) is 0.611. The van der Waals surface area contributed by atoms with E-state index in [4.69, 9.17) is 4.74 Å². The SMILES string of the molecule is CC1CC(C)CC(OC(=O)c2cccc3c2CCNC3)C1. The van der Waals surface area contributed by atoms with Crippen molar-refractivity contribution in [2.45, 2.75) is 52.2 Å². The molecule has 0 aromatic heterocycles. The minimum absolute atomic E-state index is 0.0915. The van der Waals surface area contributed by atoms with Crippen molar-refractivity contribution in [1.82, 2.24) is 5.32 Å². The molecule has 3 rings (SSSR count). The topological polar surface area (TPSA) is 38.3 Å². The van der Waals surface area contributed by atoms with Crippen molar-refractivity contribution >= 4 is 5.97 Å². The maximum Gasteiger partial charge on any atom is 0.338 e. The summed E-state index contributed by atoms with van der Waals surface area (Å²) in [5.74, 6) is 1.18. The second-order valence-corrected chi connectivity index (χ2v) is 6.81. The van der Waals surface area contributed by atoms with Gasteiger partial charge in [0.15, 0.2) is 0 Å². The third-order valence-corrected chi connectivity index (χ3v) is 4.77. The highest BCUT2D eigenvalue weighted by atomic mass is 16.5. The Morgan fingerprint density at radius 1 is 1.19 bits per heavy atom. The third-order valence-electron chi connectivity index (χ3n) is 4.77. The number of nitrogens with one attached hydrogen (secondary N) is 1. The standard InChI is InChI=1S/C18H25NO2/c1-12-8-13(2)10-15(9-12)21-18(20)17-5-3-4-14-11-19-7-6-16(14)17/h3-5,12-13,15,19H,6-11H2,1-2H3. The number of benzene rings is 1. The van der Waals surface area contributed by atoms with E-state index in [0.717, 1.165) is 37.9 Å². The molecule has 3 nitrogen and oxygen atoms in total. The first kappa shape index (κ1) is 14.6. The Balaban J connectivity index is 1.74. The van der Waals surface area contributed by atoms with Gasteiger partial charge in [-0.15, -0.1) is 0 Å². The molecular formula is C18H25NO2. The highest BCUT2D eigenvalue weighted by Crippen LogP contribution is 2.31. The van der Waals surface area contributed by atoms with Gasteiger partial charge in [0.25, 0.3) is 0 Å². The molecule has 1 fully saturated rings. The van der Waals surface area contributed by atoms with Crippen LogP contribution in [0.25, 0.3) is 0 Å². The normalized spacial score (nSPS) is 28.8. The van der Waals surface area contributed by atoms with Gasteiger partial charge in [-0.1, -0.05) is 26.0 Å². The molecule has 1 aromatic rings. The van der Waals surface area contributed by atoms with Crippen LogP contribution in [0, 0.1) is 11.8 Å². The lowest BCUT2D eigenvalue weighted by atomic mass is 9.82. The molecule has 2 aliphatic rings. The molecule has 0 amide bonds. The van der Waals surface area contributed by atoms with Gasteiger partial charge in [-0.05, 0) is 61.3 Å². The summed E-state index contributed by atoms with van der Waals surface area (Å²) in [7, 11) is 0. The number of esters is 1. The molecule has 0 bridgehead atoms. The largest absolute Gasteiger partial charge is 0.459 e. The van der Waals surface area contributed by atoms with Crippen molar-refractivity contribution in [2.75, 3.05) is 6.54 Å². The van der Waals surface area contributed by atoms with Gasteiger partial charge < -0.3 is 10.1 Å². The first-order valence-corrected chi connectivity index (χ1v) is 8.16. The van der Waals surface area contributed by atoms with Crippen LogP contribution in [0.2, 0.25) is 0 Å². The van der Waals surface area contributed by atoms with E-state index in [1.54, 1.807) is 0 Å². The maximum absolute atomic E-state index is 12.6. The second kappa shape index (κ2) is 6.18. The van der Waals surface area contributed by atoms with Gasteiger partial charge in [-0.25, -0.2) is 4.79 Å². The predicted octanol–water partition coefficient (Wildman–Crippen LogP) is 3.31. The molecule has 1 aliphatic heterocycles. The predicted molar refractivity (Wildman–Crippen MR) is 83.2 cm³/mol. The zero-order valence-corrected chi connectivity index (χ0v) is 13.0. The lowest BCUT2D eigenvalue weighted by molar-refractivity contribution is 0.00792. The molecule has 3 heteroatoms. The molecular weight excluding hydrogens is 262 g/mol. The Bertz CT molecular complexity index is 516. The van der Waals surface area contributed by atoms with Crippen LogP contribution < -0.4 is 5.32 Å².